The van der Waals surface area contributed by atoms with Crippen LogP contribution in [-0.4, -0.2) is 39.1 Å². The third-order valence-electron chi connectivity index (χ3n) is 4.30. The smallest absolute Gasteiger partial charge is 0.261 e. The van der Waals surface area contributed by atoms with Crippen molar-refractivity contribution in [2.75, 3.05) is 6.54 Å². The molecule has 25 heavy (non-hydrogen) atoms. The number of piperidine rings is 1. The van der Waals surface area contributed by atoms with E-state index in [0.717, 1.165) is 13.0 Å². The summed E-state index contributed by atoms with van der Waals surface area (Å²) in [6, 6.07) is 1.11. The lowest BCUT2D eigenvalue weighted by Crippen LogP contribution is -2.46. The molecule has 0 amide bonds. The average molecular weight is 405 g/mol. The normalized spacial score (nSPS) is 20.8. The quantitative estimate of drug-likeness (QED) is 0.765. The maximum absolute atomic E-state index is 12.6. The van der Waals surface area contributed by atoms with Gasteiger partial charge in [-0.15, -0.1) is 0 Å². The molecule has 0 saturated carbocycles. The Morgan fingerprint density at radius 2 is 2.12 bits per heavy atom. The molecule has 2 aromatic rings. The zero-order chi connectivity index (χ0) is 18.1. The Labute approximate surface area is 158 Å². The van der Waals surface area contributed by atoms with Gasteiger partial charge in [-0.25, -0.2) is 4.98 Å². The van der Waals surface area contributed by atoms with Crippen LogP contribution in [0.3, 0.4) is 0 Å². The molecule has 2 N–H and O–H groups in total. The highest BCUT2D eigenvalue weighted by atomic mass is 35.5. The molecule has 9 heteroatoms. The van der Waals surface area contributed by atoms with Gasteiger partial charge in [-0.2, -0.15) is 0 Å². The monoisotopic (exact) mass is 403 g/mol. The molecule has 2 atom stereocenters. The molecule has 0 bridgehead atoms. The summed E-state index contributed by atoms with van der Waals surface area (Å²) in [5, 5.41) is 13.6. The fourth-order valence-corrected chi connectivity index (χ4v) is 3.61. The topological polar surface area (TPSA) is 84.2 Å². The van der Waals surface area contributed by atoms with Crippen LogP contribution < -0.4 is 10.9 Å². The van der Waals surface area contributed by atoms with Crippen LogP contribution >= 0.6 is 34.8 Å². The summed E-state index contributed by atoms with van der Waals surface area (Å²) >= 11 is 18.0. The second-order valence-electron chi connectivity index (χ2n) is 6.07. The lowest BCUT2D eigenvalue weighted by molar-refractivity contribution is -0.121. The fraction of sp³-hybridized carbons (Fsp3) is 0.438. The highest BCUT2D eigenvalue weighted by Crippen LogP contribution is 2.34. The highest BCUT2D eigenvalue weighted by Gasteiger charge is 2.25. The minimum Gasteiger partial charge on any atom is -0.391 e. The second-order valence-corrected chi connectivity index (χ2v) is 7.24. The van der Waals surface area contributed by atoms with Crippen LogP contribution in [0.15, 0.2) is 17.2 Å². The van der Waals surface area contributed by atoms with E-state index in [0.29, 0.717) is 6.42 Å². The van der Waals surface area contributed by atoms with Crippen LogP contribution in [0.2, 0.25) is 15.1 Å². The molecular formula is C16H16Cl3N3O3. The van der Waals surface area contributed by atoms with E-state index in [1.54, 1.807) is 0 Å². The number of ketones is 1. The van der Waals surface area contributed by atoms with Crippen molar-refractivity contribution in [3.05, 3.63) is 37.8 Å². The number of carbonyl (C=O) groups is 1. The molecule has 3 rings (SSSR count). The van der Waals surface area contributed by atoms with E-state index in [-0.39, 0.29) is 50.8 Å². The number of hydrogen-bond acceptors (Lipinski definition) is 5. The first-order valence-corrected chi connectivity index (χ1v) is 8.97. The Morgan fingerprint density at radius 1 is 1.36 bits per heavy atom. The summed E-state index contributed by atoms with van der Waals surface area (Å²) in [7, 11) is 0. The molecule has 1 aliphatic heterocycles. The molecule has 0 aliphatic carbocycles. The van der Waals surface area contributed by atoms with Gasteiger partial charge in [0.15, 0.2) is 5.78 Å². The van der Waals surface area contributed by atoms with Crippen molar-refractivity contribution in [1.82, 2.24) is 14.9 Å². The van der Waals surface area contributed by atoms with E-state index in [9.17, 15) is 14.7 Å². The van der Waals surface area contributed by atoms with Crippen molar-refractivity contribution >= 4 is 51.5 Å². The Hall–Kier alpha value is -1.18. The predicted octanol–water partition coefficient (Wildman–Crippen LogP) is 2.43. The first-order chi connectivity index (χ1) is 11.9. The number of aromatic nitrogens is 2. The third-order valence-corrected chi connectivity index (χ3v) is 5.55. The van der Waals surface area contributed by atoms with E-state index >= 15 is 0 Å². The maximum Gasteiger partial charge on any atom is 0.261 e. The van der Waals surface area contributed by atoms with Gasteiger partial charge in [0.05, 0.1) is 44.9 Å². The van der Waals surface area contributed by atoms with Crippen molar-refractivity contribution in [2.45, 2.75) is 38.0 Å². The van der Waals surface area contributed by atoms with Crippen LogP contribution in [0.5, 0.6) is 0 Å². The minimum atomic E-state index is -0.552. The van der Waals surface area contributed by atoms with Crippen LogP contribution in [0, 0.1) is 0 Å². The third kappa shape index (κ3) is 3.83. The van der Waals surface area contributed by atoms with Gasteiger partial charge >= 0.3 is 0 Å². The number of nitrogens with zero attached hydrogens (tertiary/aromatic N) is 2. The minimum absolute atomic E-state index is 0.106. The van der Waals surface area contributed by atoms with E-state index in [1.165, 1.54) is 17.0 Å². The number of carbonyl (C=O) groups excluding carboxylic acids is 1. The molecule has 1 fully saturated rings. The molecule has 1 aliphatic rings. The van der Waals surface area contributed by atoms with Crippen LogP contribution in [0.25, 0.3) is 10.9 Å². The summed E-state index contributed by atoms with van der Waals surface area (Å²) in [5.41, 5.74) is -0.176. The van der Waals surface area contributed by atoms with Crippen molar-refractivity contribution < 1.29 is 9.90 Å². The maximum atomic E-state index is 12.6. The Morgan fingerprint density at radius 3 is 2.84 bits per heavy atom. The van der Waals surface area contributed by atoms with Gasteiger partial charge in [-0.1, -0.05) is 34.8 Å². The van der Waals surface area contributed by atoms with Gasteiger partial charge in [0.1, 0.15) is 0 Å². The summed E-state index contributed by atoms with van der Waals surface area (Å²) in [5.74, 6) is -0.173. The van der Waals surface area contributed by atoms with Crippen molar-refractivity contribution in [3.63, 3.8) is 0 Å². The number of aliphatic hydroxyl groups is 1. The standard InChI is InChI=1S/C16H16Cl3N3O3/c17-10-5-9-15(14(19)13(10)18)21-7-22(16(9)25)6-8(23)4-11-12(24)2-1-3-20-11/h5,7,11-12,20,24H,1-4,6H2. The first-order valence-electron chi connectivity index (χ1n) is 7.84. The van der Waals surface area contributed by atoms with Gasteiger partial charge < -0.3 is 10.4 Å². The largest absolute Gasteiger partial charge is 0.391 e. The zero-order valence-corrected chi connectivity index (χ0v) is 15.4. The number of aliphatic hydroxyl groups excluding tert-OH is 1. The number of benzene rings is 1. The Kier molecular flexibility index (Phi) is 5.65. The molecule has 134 valence electrons. The number of fused-ring (bicyclic) bond motifs is 1. The highest BCUT2D eigenvalue weighted by molar-refractivity contribution is 6.50. The van der Waals surface area contributed by atoms with Gasteiger partial charge in [-0.05, 0) is 25.5 Å². The van der Waals surface area contributed by atoms with E-state index in [2.05, 4.69) is 10.3 Å². The molecule has 0 spiro atoms. The van der Waals surface area contributed by atoms with E-state index in [4.69, 9.17) is 34.8 Å². The number of halogens is 3. The average Bonchev–Trinajstić information content (AvgIpc) is 2.58. The summed E-state index contributed by atoms with van der Waals surface area (Å²) < 4.78 is 1.21. The van der Waals surface area contributed by atoms with Crippen molar-refractivity contribution in [1.29, 1.82) is 0 Å². The molecule has 1 aromatic heterocycles. The number of hydrogen-bond donors (Lipinski definition) is 2. The first kappa shape index (κ1) is 18.6. The molecule has 2 unspecified atom stereocenters. The molecule has 1 aromatic carbocycles. The summed E-state index contributed by atoms with van der Waals surface area (Å²) in [6.45, 7) is 0.634. The Balaban J connectivity index is 1.84. The lowest BCUT2D eigenvalue weighted by atomic mass is 9.97. The molecule has 0 radical (unpaired) electrons. The SMILES string of the molecule is O=C(CC1NCCCC1O)Cn1cnc2c(Cl)c(Cl)c(Cl)cc2c1=O. The van der Waals surface area contributed by atoms with Crippen LogP contribution in [0.1, 0.15) is 19.3 Å². The lowest BCUT2D eigenvalue weighted by Gasteiger charge is -2.28. The van der Waals surface area contributed by atoms with E-state index < -0.39 is 11.7 Å². The van der Waals surface area contributed by atoms with Gasteiger partial charge in [0.2, 0.25) is 0 Å². The van der Waals surface area contributed by atoms with Crippen LogP contribution in [-0.2, 0) is 11.3 Å². The number of nitrogens with one attached hydrogen (secondary N) is 1. The number of Topliss-reactive ketones (excluding diaryl/α,β-unsaturated/α-hetero) is 1. The van der Waals surface area contributed by atoms with Gasteiger partial charge in [0.25, 0.3) is 5.56 Å². The Bertz CT molecular complexity index is 884. The molecule has 6 nitrogen and oxygen atoms in total. The second kappa shape index (κ2) is 7.60. The van der Waals surface area contributed by atoms with Gasteiger partial charge in [-0.3, -0.25) is 14.2 Å². The predicted molar refractivity (Wildman–Crippen MR) is 97.7 cm³/mol. The van der Waals surface area contributed by atoms with Crippen molar-refractivity contribution in [3.8, 4) is 0 Å². The molecular weight excluding hydrogens is 389 g/mol. The van der Waals surface area contributed by atoms with E-state index in [1.807, 2.05) is 0 Å². The van der Waals surface area contributed by atoms with Crippen LogP contribution in [0.4, 0.5) is 0 Å². The molecule has 2 heterocycles. The molecule has 1 saturated heterocycles. The summed E-state index contributed by atoms with van der Waals surface area (Å²) in [6.07, 6.45) is 2.41. The number of rotatable bonds is 4. The fourth-order valence-electron chi connectivity index (χ4n) is 2.97. The van der Waals surface area contributed by atoms with Gasteiger partial charge in [0, 0.05) is 12.5 Å². The zero-order valence-electron chi connectivity index (χ0n) is 13.1. The summed E-state index contributed by atoms with van der Waals surface area (Å²) in [4.78, 5) is 29.0. The van der Waals surface area contributed by atoms with Crippen molar-refractivity contribution in [2.24, 2.45) is 0 Å².